The summed E-state index contributed by atoms with van der Waals surface area (Å²) >= 11 is 3.12. The quantitative estimate of drug-likeness (QED) is 0.431. The van der Waals surface area contributed by atoms with Crippen LogP contribution in [0.2, 0.25) is 0 Å². The first-order valence-electron chi connectivity index (χ1n) is 10.1. The first-order chi connectivity index (χ1) is 14.7. The second-order valence-corrected chi connectivity index (χ2v) is 9.60. The third-order valence-electron chi connectivity index (χ3n) is 5.52. The molecule has 4 nitrogen and oxygen atoms in total. The Hall–Kier alpha value is -2.19. The van der Waals surface area contributed by atoms with Crippen molar-refractivity contribution in [3.8, 4) is 11.5 Å². The van der Waals surface area contributed by atoms with Gasteiger partial charge in [-0.15, -0.1) is 0 Å². The van der Waals surface area contributed by atoms with Crippen molar-refractivity contribution in [3.63, 3.8) is 0 Å². The van der Waals surface area contributed by atoms with Gasteiger partial charge in [0.15, 0.2) is 11.6 Å². The molecule has 0 unspecified atom stereocenters. The van der Waals surface area contributed by atoms with Crippen molar-refractivity contribution in [2.75, 3.05) is 0 Å². The van der Waals surface area contributed by atoms with Crippen LogP contribution >= 0.6 is 15.9 Å². The summed E-state index contributed by atoms with van der Waals surface area (Å²) in [7, 11) is 0. The second kappa shape index (κ2) is 8.30. The molecule has 0 N–H and O–H groups in total. The van der Waals surface area contributed by atoms with Gasteiger partial charge in [-0.1, -0.05) is 13.0 Å². The van der Waals surface area contributed by atoms with Gasteiger partial charge >= 0.3 is 6.18 Å². The largest absolute Gasteiger partial charge is 0.456 e. The van der Waals surface area contributed by atoms with Gasteiger partial charge in [0, 0.05) is 0 Å². The van der Waals surface area contributed by atoms with E-state index in [0.29, 0.717) is 17.7 Å². The van der Waals surface area contributed by atoms with Gasteiger partial charge < -0.3 is 9.47 Å². The number of ether oxygens (including phenoxy) is 2. The van der Waals surface area contributed by atoms with Crippen molar-refractivity contribution in [2.45, 2.75) is 64.3 Å². The lowest BCUT2D eigenvalue weighted by molar-refractivity contribution is -0.184. The molecule has 1 aliphatic rings. The second-order valence-electron chi connectivity index (χ2n) is 8.74. The molecule has 2 aromatic rings. The molecule has 3 rings (SSSR count). The Bertz CT molecular complexity index is 1050. The van der Waals surface area contributed by atoms with Crippen LogP contribution in [0.15, 0.2) is 40.9 Å². The topological polar surface area (TPSA) is 52.6 Å². The van der Waals surface area contributed by atoms with E-state index in [1.165, 1.54) is 6.07 Å². The molecule has 0 spiro atoms. The number of hydrogen-bond donors (Lipinski definition) is 0. The van der Waals surface area contributed by atoms with Gasteiger partial charge in [0.1, 0.15) is 28.6 Å². The summed E-state index contributed by atoms with van der Waals surface area (Å²) in [4.78, 5) is 26.3. The van der Waals surface area contributed by atoms with Crippen LogP contribution in [0.25, 0.3) is 0 Å². The predicted molar refractivity (Wildman–Crippen MR) is 117 cm³/mol. The highest BCUT2D eigenvalue weighted by atomic mass is 79.9. The molecular formula is C24H24BrF3O4. The molecule has 0 atom stereocenters. The van der Waals surface area contributed by atoms with E-state index >= 15 is 0 Å². The molecule has 1 heterocycles. The van der Waals surface area contributed by atoms with Crippen LogP contribution in [-0.4, -0.2) is 22.8 Å². The van der Waals surface area contributed by atoms with Crippen LogP contribution in [0.1, 0.15) is 57.2 Å². The first-order valence-corrected chi connectivity index (χ1v) is 10.9. The van der Waals surface area contributed by atoms with E-state index in [1.807, 2.05) is 6.92 Å². The minimum atomic E-state index is -4.47. The lowest BCUT2D eigenvalue weighted by atomic mass is 9.73. The van der Waals surface area contributed by atoms with Crippen molar-refractivity contribution in [2.24, 2.45) is 0 Å². The average Bonchev–Trinajstić information content (AvgIpc) is 2.67. The first kappa shape index (κ1) is 24.5. The number of benzene rings is 2. The number of Topliss-reactive ketones (excluding diaryl/α,β-unsaturated/α-hetero) is 2. The van der Waals surface area contributed by atoms with Gasteiger partial charge in [-0.3, -0.25) is 9.59 Å². The number of alkyl halides is 3. The molecule has 0 radical (unpaired) electrons. The highest BCUT2D eigenvalue weighted by Gasteiger charge is 2.53. The number of aryl methyl sites for hydroxylation is 1. The van der Waals surface area contributed by atoms with Crippen molar-refractivity contribution in [1.29, 1.82) is 0 Å². The molecule has 1 aliphatic heterocycles. The van der Waals surface area contributed by atoms with E-state index in [9.17, 15) is 22.8 Å². The molecule has 0 aromatic heterocycles. The van der Waals surface area contributed by atoms with E-state index in [-0.39, 0.29) is 21.8 Å². The van der Waals surface area contributed by atoms with Gasteiger partial charge in [0.25, 0.3) is 0 Å². The molecule has 0 bridgehead atoms. The van der Waals surface area contributed by atoms with Crippen LogP contribution in [0.4, 0.5) is 13.2 Å². The van der Waals surface area contributed by atoms with Crippen molar-refractivity contribution >= 4 is 27.5 Å². The maximum atomic E-state index is 13.2. The molecule has 0 saturated carbocycles. The van der Waals surface area contributed by atoms with E-state index in [0.717, 1.165) is 17.7 Å². The van der Waals surface area contributed by atoms with Crippen LogP contribution in [0.3, 0.4) is 0 Å². The smallest absolute Gasteiger partial charge is 0.416 e. The van der Waals surface area contributed by atoms with Gasteiger partial charge in [0.05, 0.1) is 10.0 Å². The standard InChI is InChI=1S/C24H24BrF3O4/c1-6-13-7-9-15(31-18-10-8-14(11-17(18)25)24(26,27)28)12-16(13)19-20(29)22(2,3)32-23(4,5)21(19)30/h7-12,19H,6H2,1-5H3. The third-order valence-corrected chi connectivity index (χ3v) is 6.14. The zero-order valence-corrected chi connectivity index (χ0v) is 20.0. The van der Waals surface area contributed by atoms with E-state index in [2.05, 4.69) is 15.9 Å². The molecular weight excluding hydrogens is 489 g/mol. The highest BCUT2D eigenvalue weighted by Crippen LogP contribution is 2.42. The van der Waals surface area contributed by atoms with Gasteiger partial charge in [0.2, 0.25) is 0 Å². The number of halogens is 4. The zero-order chi connectivity index (χ0) is 24.1. The summed E-state index contributed by atoms with van der Waals surface area (Å²) < 4.78 is 50.5. The predicted octanol–water partition coefficient (Wildman–Crippen LogP) is 6.63. The Kier molecular flexibility index (Phi) is 6.34. The lowest BCUT2D eigenvalue weighted by Crippen LogP contribution is -2.58. The monoisotopic (exact) mass is 512 g/mol. The maximum Gasteiger partial charge on any atom is 0.416 e. The van der Waals surface area contributed by atoms with Gasteiger partial charge in [-0.2, -0.15) is 13.2 Å². The number of hydrogen-bond acceptors (Lipinski definition) is 4. The van der Waals surface area contributed by atoms with Crippen molar-refractivity contribution < 1.29 is 32.2 Å². The molecule has 172 valence electrons. The van der Waals surface area contributed by atoms with Crippen LogP contribution in [0, 0.1) is 0 Å². The maximum absolute atomic E-state index is 13.2. The minimum Gasteiger partial charge on any atom is -0.456 e. The minimum absolute atomic E-state index is 0.133. The Morgan fingerprint density at radius 1 is 1.00 bits per heavy atom. The fourth-order valence-electron chi connectivity index (χ4n) is 3.95. The SMILES string of the molecule is CCc1ccc(Oc2ccc(C(F)(F)F)cc2Br)cc1C1C(=O)C(C)(C)OC(C)(C)C1=O. The van der Waals surface area contributed by atoms with E-state index in [1.54, 1.807) is 45.9 Å². The van der Waals surface area contributed by atoms with Crippen molar-refractivity contribution in [3.05, 3.63) is 57.6 Å². The molecule has 32 heavy (non-hydrogen) atoms. The third kappa shape index (κ3) is 4.62. The average molecular weight is 513 g/mol. The normalized spacial score (nSPS) is 18.7. The number of rotatable bonds is 4. The van der Waals surface area contributed by atoms with Crippen LogP contribution in [0.5, 0.6) is 11.5 Å². The van der Waals surface area contributed by atoms with Gasteiger partial charge in [-0.05, 0) is 91.5 Å². The van der Waals surface area contributed by atoms with Gasteiger partial charge in [-0.25, -0.2) is 0 Å². The molecule has 1 fully saturated rings. The highest BCUT2D eigenvalue weighted by molar-refractivity contribution is 9.10. The summed E-state index contributed by atoms with van der Waals surface area (Å²) in [5, 5.41) is 0. The molecule has 2 aromatic carbocycles. The molecule has 1 saturated heterocycles. The van der Waals surface area contributed by atoms with Crippen LogP contribution in [-0.2, 0) is 26.9 Å². The number of ketones is 2. The summed E-state index contributed by atoms with van der Waals surface area (Å²) in [5.41, 5.74) is -1.78. The molecule has 0 amide bonds. The van der Waals surface area contributed by atoms with Crippen molar-refractivity contribution in [1.82, 2.24) is 0 Å². The number of carbonyl (C=O) groups is 2. The zero-order valence-electron chi connectivity index (χ0n) is 18.4. The molecule has 8 heteroatoms. The Balaban J connectivity index is 2.03. The Labute approximate surface area is 193 Å². The Morgan fingerprint density at radius 3 is 2.09 bits per heavy atom. The van der Waals surface area contributed by atoms with E-state index < -0.39 is 28.9 Å². The summed E-state index contributed by atoms with van der Waals surface area (Å²) in [6.07, 6.45) is -3.89. The van der Waals surface area contributed by atoms with E-state index in [4.69, 9.17) is 9.47 Å². The Morgan fingerprint density at radius 2 is 1.59 bits per heavy atom. The summed E-state index contributed by atoms with van der Waals surface area (Å²) in [6.45, 7) is 8.48. The summed E-state index contributed by atoms with van der Waals surface area (Å²) in [5.74, 6) is -1.23. The molecule has 0 aliphatic carbocycles. The van der Waals surface area contributed by atoms with Crippen LogP contribution < -0.4 is 4.74 Å². The fourth-order valence-corrected chi connectivity index (χ4v) is 4.41. The summed E-state index contributed by atoms with van der Waals surface area (Å²) in [6, 6.07) is 8.12. The lowest BCUT2D eigenvalue weighted by Gasteiger charge is -2.43. The fraction of sp³-hybridized carbons (Fsp3) is 0.417. The number of carbonyl (C=O) groups excluding carboxylic acids is 2.